The molecule has 1 amide bonds. The molecule has 0 radical (unpaired) electrons. The summed E-state index contributed by atoms with van der Waals surface area (Å²) in [6.45, 7) is 12.4. The van der Waals surface area contributed by atoms with E-state index in [2.05, 4.69) is 52.1 Å². The van der Waals surface area contributed by atoms with Crippen molar-refractivity contribution in [2.75, 3.05) is 19.0 Å². The van der Waals surface area contributed by atoms with Crippen LogP contribution in [0.25, 0.3) is 0 Å². The smallest absolute Gasteiger partial charge is 0.271 e. The number of rotatable bonds is 4. The van der Waals surface area contributed by atoms with Gasteiger partial charge < -0.3 is 10.0 Å². The van der Waals surface area contributed by atoms with Gasteiger partial charge in [0.25, 0.3) is 5.91 Å². The summed E-state index contributed by atoms with van der Waals surface area (Å²) in [7, 11) is 3.86. The van der Waals surface area contributed by atoms with E-state index in [1.54, 1.807) is 12.3 Å². The molecule has 0 aliphatic heterocycles. The Morgan fingerprint density at radius 1 is 1.00 bits per heavy atom. The Bertz CT molecular complexity index is 881. The van der Waals surface area contributed by atoms with Gasteiger partial charge in [-0.15, -0.1) is 0 Å². The van der Waals surface area contributed by atoms with E-state index in [4.69, 9.17) is 0 Å². The van der Waals surface area contributed by atoms with Gasteiger partial charge in [-0.3, -0.25) is 4.79 Å². The molecule has 156 valence electrons. The Kier molecular flexibility index (Phi) is 6.41. The van der Waals surface area contributed by atoms with Crippen LogP contribution in [0.5, 0.6) is 5.75 Å². The summed E-state index contributed by atoms with van der Waals surface area (Å²) in [6.07, 6.45) is 1.62. The first-order valence-corrected chi connectivity index (χ1v) is 9.79. The first-order chi connectivity index (χ1) is 13.3. The molecule has 0 atom stereocenters. The highest BCUT2D eigenvalue weighted by Gasteiger charge is 2.26. The number of phenols is 1. The standard InChI is InChI=1S/C24H33N3O2/c1-23(2,3)19-12-16(13-20(21(19)28)24(4,5)6)15-25-26-22(29)17-10-9-11-18(14-17)27(7)8/h9-15,28H,1-8H3,(H,26,29)/b25-15-. The number of benzene rings is 2. The second-order valence-electron chi connectivity index (χ2n) is 9.61. The molecule has 0 fully saturated rings. The zero-order valence-electron chi connectivity index (χ0n) is 18.8. The average molecular weight is 396 g/mol. The van der Waals surface area contributed by atoms with Gasteiger partial charge in [0.1, 0.15) is 5.75 Å². The topological polar surface area (TPSA) is 64.9 Å². The number of amides is 1. The third-order valence-electron chi connectivity index (χ3n) is 4.75. The number of hydrazone groups is 1. The summed E-state index contributed by atoms with van der Waals surface area (Å²) < 4.78 is 0. The molecule has 0 heterocycles. The quantitative estimate of drug-likeness (QED) is 0.576. The number of phenolic OH excluding ortho intramolecular Hbond substituents is 1. The van der Waals surface area contributed by atoms with E-state index >= 15 is 0 Å². The maximum absolute atomic E-state index is 12.4. The maximum atomic E-state index is 12.4. The van der Waals surface area contributed by atoms with Crippen LogP contribution in [0.1, 0.15) is 68.6 Å². The number of hydrogen-bond donors (Lipinski definition) is 2. The second-order valence-corrected chi connectivity index (χ2v) is 9.61. The molecule has 0 unspecified atom stereocenters. The number of anilines is 1. The van der Waals surface area contributed by atoms with Crippen molar-refractivity contribution in [3.63, 3.8) is 0 Å². The lowest BCUT2D eigenvalue weighted by atomic mass is 9.78. The van der Waals surface area contributed by atoms with E-state index in [1.165, 1.54) is 0 Å². The van der Waals surface area contributed by atoms with Crippen LogP contribution in [0.2, 0.25) is 0 Å². The number of hydrogen-bond acceptors (Lipinski definition) is 4. The summed E-state index contributed by atoms with van der Waals surface area (Å²) in [6, 6.07) is 11.2. The van der Waals surface area contributed by atoms with Crippen LogP contribution >= 0.6 is 0 Å². The van der Waals surface area contributed by atoms with Gasteiger partial charge in [-0.05, 0) is 46.7 Å². The van der Waals surface area contributed by atoms with Crippen LogP contribution < -0.4 is 10.3 Å². The summed E-state index contributed by atoms with van der Waals surface area (Å²) >= 11 is 0. The molecule has 0 aliphatic rings. The van der Waals surface area contributed by atoms with Gasteiger partial charge in [-0.25, -0.2) is 5.43 Å². The van der Waals surface area contributed by atoms with E-state index in [0.717, 1.165) is 22.4 Å². The number of nitrogens with one attached hydrogen (secondary N) is 1. The minimum atomic E-state index is -0.268. The SMILES string of the molecule is CN(C)c1cccc(C(=O)N/N=C\c2cc(C(C)(C)C)c(O)c(C(C)(C)C)c2)c1. The van der Waals surface area contributed by atoms with E-state index in [-0.39, 0.29) is 16.7 Å². The van der Waals surface area contributed by atoms with Crippen molar-refractivity contribution < 1.29 is 9.90 Å². The fraction of sp³-hybridized carbons (Fsp3) is 0.417. The number of aromatic hydroxyl groups is 1. The lowest BCUT2D eigenvalue weighted by molar-refractivity contribution is 0.0955. The van der Waals surface area contributed by atoms with Gasteiger partial charge in [0, 0.05) is 36.5 Å². The molecule has 2 rings (SSSR count). The van der Waals surface area contributed by atoms with Gasteiger partial charge in [-0.1, -0.05) is 47.6 Å². The maximum Gasteiger partial charge on any atom is 0.271 e. The third-order valence-corrected chi connectivity index (χ3v) is 4.75. The largest absolute Gasteiger partial charge is 0.507 e. The van der Waals surface area contributed by atoms with Crippen molar-refractivity contribution in [3.8, 4) is 5.75 Å². The number of carbonyl (C=O) groups is 1. The molecule has 2 N–H and O–H groups in total. The molecule has 0 aromatic heterocycles. The molecule has 0 saturated carbocycles. The molecule has 0 spiro atoms. The first kappa shape index (κ1) is 22.5. The zero-order chi connectivity index (χ0) is 22.0. The molecule has 0 saturated heterocycles. The average Bonchev–Trinajstić information content (AvgIpc) is 2.60. The van der Waals surface area contributed by atoms with E-state index in [0.29, 0.717) is 11.3 Å². The Labute approximate surface area is 174 Å². The van der Waals surface area contributed by atoms with E-state index in [1.807, 2.05) is 49.3 Å². The van der Waals surface area contributed by atoms with Gasteiger partial charge >= 0.3 is 0 Å². The highest BCUT2D eigenvalue weighted by Crippen LogP contribution is 2.39. The Morgan fingerprint density at radius 3 is 2.03 bits per heavy atom. The van der Waals surface area contributed by atoms with Crippen LogP contribution in [0, 0.1) is 0 Å². The molecule has 2 aromatic carbocycles. The number of carbonyl (C=O) groups excluding carboxylic acids is 1. The van der Waals surface area contributed by atoms with Crippen LogP contribution in [0.15, 0.2) is 41.5 Å². The monoisotopic (exact) mass is 395 g/mol. The third kappa shape index (κ3) is 5.59. The Hall–Kier alpha value is -2.82. The molecular formula is C24H33N3O2. The lowest BCUT2D eigenvalue weighted by Gasteiger charge is -2.27. The van der Waals surface area contributed by atoms with Gasteiger partial charge in [0.15, 0.2) is 0 Å². The lowest BCUT2D eigenvalue weighted by Crippen LogP contribution is -2.19. The summed E-state index contributed by atoms with van der Waals surface area (Å²) in [5, 5.41) is 14.9. The zero-order valence-corrected chi connectivity index (χ0v) is 18.8. The summed E-state index contributed by atoms with van der Waals surface area (Å²) in [5.74, 6) is 0.0579. The fourth-order valence-corrected chi connectivity index (χ4v) is 3.03. The minimum absolute atomic E-state index is 0.218. The molecule has 2 aromatic rings. The van der Waals surface area contributed by atoms with Gasteiger partial charge in [-0.2, -0.15) is 5.10 Å². The number of nitrogens with zero attached hydrogens (tertiary/aromatic N) is 2. The molecule has 29 heavy (non-hydrogen) atoms. The highest BCUT2D eigenvalue weighted by molar-refractivity contribution is 5.95. The van der Waals surface area contributed by atoms with Gasteiger partial charge in [0.2, 0.25) is 0 Å². The summed E-state index contributed by atoms with van der Waals surface area (Å²) in [5.41, 5.74) is 6.20. The minimum Gasteiger partial charge on any atom is -0.507 e. The van der Waals surface area contributed by atoms with Crippen molar-refractivity contribution in [2.45, 2.75) is 52.4 Å². The van der Waals surface area contributed by atoms with Crippen LogP contribution in [-0.2, 0) is 10.8 Å². The van der Waals surface area contributed by atoms with Crippen molar-refractivity contribution in [2.24, 2.45) is 5.10 Å². The van der Waals surface area contributed by atoms with Crippen LogP contribution in [-0.4, -0.2) is 31.3 Å². The van der Waals surface area contributed by atoms with E-state index < -0.39 is 0 Å². The predicted molar refractivity (Wildman–Crippen MR) is 121 cm³/mol. The second kappa shape index (κ2) is 8.27. The molecule has 5 heteroatoms. The molecule has 0 aliphatic carbocycles. The van der Waals surface area contributed by atoms with Crippen molar-refractivity contribution in [3.05, 3.63) is 58.7 Å². The van der Waals surface area contributed by atoms with Crippen LogP contribution in [0.3, 0.4) is 0 Å². The van der Waals surface area contributed by atoms with Gasteiger partial charge in [0.05, 0.1) is 6.21 Å². The van der Waals surface area contributed by atoms with Crippen LogP contribution in [0.4, 0.5) is 5.69 Å². The van der Waals surface area contributed by atoms with E-state index in [9.17, 15) is 9.90 Å². The molecule has 0 bridgehead atoms. The Balaban J connectivity index is 2.30. The van der Waals surface area contributed by atoms with Crippen molar-refractivity contribution in [1.29, 1.82) is 0 Å². The Morgan fingerprint density at radius 2 is 1.55 bits per heavy atom. The predicted octanol–water partition coefficient (Wildman–Crippen LogP) is 4.82. The van der Waals surface area contributed by atoms with Crippen molar-refractivity contribution >= 4 is 17.8 Å². The summed E-state index contributed by atoms with van der Waals surface area (Å²) in [4.78, 5) is 14.4. The molecule has 5 nitrogen and oxygen atoms in total. The normalized spacial score (nSPS) is 12.3. The highest BCUT2D eigenvalue weighted by atomic mass is 16.3. The van der Waals surface area contributed by atoms with Crippen molar-refractivity contribution in [1.82, 2.24) is 5.43 Å². The first-order valence-electron chi connectivity index (χ1n) is 9.79. The fourth-order valence-electron chi connectivity index (χ4n) is 3.03. The molecular weight excluding hydrogens is 362 g/mol.